The van der Waals surface area contributed by atoms with Crippen LogP contribution >= 0.6 is 15.9 Å². The van der Waals surface area contributed by atoms with Crippen LogP contribution in [0.5, 0.6) is 0 Å². The summed E-state index contributed by atoms with van der Waals surface area (Å²) in [5.41, 5.74) is 0.589. The van der Waals surface area contributed by atoms with Crippen molar-refractivity contribution in [1.29, 1.82) is 0 Å². The van der Waals surface area contributed by atoms with Crippen LogP contribution in [0.3, 0.4) is 0 Å². The zero-order valence-corrected chi connectivity index (χ0v) is 12.1. The molecule has 1 rings (SSSR count). The smallest absolute Gasteiger partial charge is 0.0100 e. The second kappa shape index (κ2) is 6.24. The maximum absolute atomic E-state index is 3.72. The van der Waals surface area contributed by atoms with Crippen molar-refractivity contribution >= 4 is 15.9 Å². The van der Waals surface area contributed by atoms with Gasteiger partial charge in [-0.25, -0.2) is 0 Å². The molecule has 0 saturated heterocycles. The van der Waals surface area contributed by atoms with Gasteiger partial charge < -0.3 is 4.90 Å². The van der Waals surface area contributed by atoms with Gasteiger partial charge in [-0.15, -0.1) is 0 Å². The lowest BCUT2D eigenvalue weighted by atomic mass is 9.88. The van der Waals surface area contributed by atoms with Gasteiger partial charge >= 0.3 is 0 Å². The van der Waals surface area contributed by atoms with Crippen LogP contribution in [0.4, 0.5) is 0 Å². The van der Waals surface area contributed by atoms with Crippen LogP contribution in [-0.4, -0.2) is 30.4 Å². The predicted octanol–water partition coefficient (Wildman–Crippen LogP) is 3.92. The average molecular weight is 276 g/mol. The molecule has 1 nitrogen and oxygen atoms in total. The van der Waals surface area contributed by atoms with Gasteiger partial charge in [0.25, 0.3) is 0 Å². The third-order valence-electron chi connectivity index (χ3n) is 3.64. The maximum atomic E-state index is 3.72. The van der Waals surface area contributed by atoms with E-state index in [4.69, 9.17) is 0 Å². The van der Waals surface area contributed by atoms with Crippen molar-refractivity contribution in [3.05, 3.63) is 0 Å². The van der Waals surface area contributed by atoms with Crippen LogP contribution in [0, 0.1) is 11.3 Å². The molecular weight excluding hydrogens is 250 g/mol. The molecule has 1 aliphatic carbocycles. The molecule has 0 atom stereocenters. The van der Waals surface area contributed by atoms with E-state index in [0.29, 0.717) is 5.41 Å². The summed E-state index contributed by atoms with van der Waals surface area (Å²) in [7, 11) is 2.28. The molecule has 2 heteroatoms. The highest BCUT2D eigenvalue weighted by Gasteiger charge is 2.33. The molecule has 0 aromatic carbocycles. The van der Waals surface area contributed by atoms with E-state index in [1.807, 2.05) is 0 Å². The monoisotopic (exact) mass is 275 g/mol. The van der Waals surface area contributed by atoms with E-state index in [1.54, 1.807) is 0 Å². The Morgan fingerprint density at radius 2 is 1.87 bits per heavy atom. The molecule has 0 spiro atoms. The lowest BCUT2D eigenvalue weighted by Crippen LogP contribution is -2.35. The van der Waals surface area contributed by atoms with Gasteiger partial charge in [0, 0.05) is 11.9 Å². The minimum absolute atomic E-state index is 0.589. The number of rotatable bonds is 6. The van der Waals surface area contributed by atoms with Gasteiger partial charge in [0.15, 0.2) is 0 Å². The van der Waals surface area contributed by atoms with Crippen LogP contribution in [0.25, 0.3) is 0 Å². The van der Waals surface area contributed by atoms with Crippen molar-refractivity contribution in [2.75, 3.05) is 25.5 Å². The average Bonchev–Trinajstić information content (AvgIpc) is 2.64. The Morgan fingerprint density at radius 3 is 2.33 bits per heavy atom. The second-order valence-corrected chi connectivity index (χ2v) is 6.32. The fourth-order valence-corrected chi connectivity index (χ4v) is 3.33. The van der Waals surface area contributed by atoms with E-state index in [9.17, 15) is 0 Å². The van der Waals surface area contributed by atoms with E-state index < -0.39 is 0 Å². The summed E-state index contributed by atoms with van der Waals surface area (Å²) in [6.45, 7) is 7.16. The molecule has 1 aliphatic rings. The highest BCUT2D eigenvalue weighted by molar-refractivity contribution is 9.09. The number of halogens is 1. The highest BCUT2D eigenvalue weighted by atomic mass is 79.9. The first-order chi connectivity index (χ1) is 7.08. The number of hydrogen-bond donors (Lipinski definition) is 0. The van der Waals surface area contributed by atoms with Gasteiger partial charge in [-0.1, -0.05) is 42.6 Å². The van der Waals surface area contributed by atoms with E-state index in [0.717, 1.165) is 5.92 Å². The Labute approximate surface area is 104 Å². The van der Waals surface area contributed by atoms with Gasteiger partial charge in [0.2, 0.25) is 0 Å². The topological polar surface area (TPSA) is 3.24 Å². The zero-order chi connectivity index (χ0) is 11.3. The van der Waals surface area contributed by atoms with Crippen molar-refractivity contribution in [2.45, 2.75) is 46.0 Å². The molecule has 0 radical (unpaired) electrons. The fourth-order valence-electron chi connectivity index (χ4n) is 2.59. The first kappa shape index (κ1) is 13.5. The molecular formula is C13H26BrN. The number of nitrogens with zero attached hydrogens (tertiary/aromatic N) is 1. The van der Waals surface area contributed by atoms with Gasteiger partial charge in [0.1, 0.15) is 0 Å². The molecule has 0 aromatic heterocycles. The van der Waals surface area contributed by atoms with E-state index in [1.165, 1.54) is 50.5 Å². The molecule has 0 aromatic rings. The lowest BCUT2D eigenvalue weighted by Gasteiger charge is -2.32. The van der Waals surface area contributed by atoms with E-state index >= 15 is 0 Å². The Kier molecular flexibility index (Phi) is 5.62. The van der Waals surface area contributed by atoms with E-state index in [-0.39, 0.29) is 0 Å². The fraction of sp³-hybridized carbons (Fsp3) is 1.00. The molecule has 15 heavy (non-hydrogen) atoms. The van der Waals surface area contributed by atoms with Gasteiger partial charge in [-0.2, -0.15) is 0 Å². The summed E-state index contributed by atoms with van der Waals surface area (Å²) in [4.78, 5) is 2.53. The first-order valence-electron chi connectivity index (χ1n) is 6.32. The minimum atomic E-state index is 0.589. The zero-order valence-electron chi connectivity index (χ0n) is 10.6. The van der Waals surface area contributed by atoms with Gasteiger partial charge in [-0.3, -0.25) is 0 Å². The Hall–Kier alpha value is 0.440. The predicted molar refractivity (Wildman–Crippen MR) is 71.6 cm³/mol. The lowest BCUT2D eigenvalue weighted by molar-refractivity contribution is 0.195. The third-order valence-corrected chi connectivity index (χ3v) is 4.83. The number of hydrogen-bond acceptors (Lipinski definition) is 1. The van der Waals surface area contributed by atoms with Crippen molar-refractivity contribution in [3.8, 4) is 0 Å². The molecule has 90 valence electrons. The molecule has 1 saturated carbocycles. The standard InChI is InChI=1S/C13H26BrN/c1-12(2)6-9-15(3)11-13(10-14)7-4-5-8-13/h12H,4-11H2,1-3H3. The minimum Gasteiger partial charge on any atom is -0.306 e. The second-order valence-electron chi connectivity index (χ2n) is 5.76. The SMILES string of the molecule is CC(C)CCN(C)CC1(CBr)CCCC1. The highest BCUT2D eigenvalue weighted by Crippen LogP contribution is 2.40. The third kappa shape index (κ3) is 4.44. The van der Waals surface area contributed by atoms with Crippen molar-refractivity contribution in [2.24, 2.45) is 11.3 Å². The van der Waals surface area contributed by atoms with E-state index in [2.05, 4.69) is 41.7 Å². The quantitative estimate of drug-likeness (QED) is 0.665. The molecule has 0 amide bonds. The van der Waals surface area contributed by atoms with Crippen LogP contribution in [0.2, 0.25) is 0 Å². The van der Waals surface area contributed by atoms with Crippen LogP contribution in [0.15, 0.2) is 0 Å². The molecule has 0 unspecified atom stereocenters. The Bertz CT molecular complexity index is 173. The van der Waals surface area contributed by atoms with Crippen molar-refractivity contribution in [3.63, 3.8) is 0 Å². The summed E-state index contributed by atoms with van der Waals surface area (Å²) in [6.07, 6.45) is 7.04. The largest absolute Gasteiger partial charge is 0.306 e. The maximum Gasteiger partial charge on any atom is 0.0100 e. The summed E-state index contributed by atoms with van der Waals surface area (Å²) >= 11 is 3.72. The Morgan fingerprint density at radius 1 is 1.27 bits per heavy atom. The molecule has 0 aliphatic heterocycles. The van der Waals surface area contributed by atoms with Crippen molar-refractivity contribution < 1.29 is 0 Å². The Balaban J connectivity index is 2.31. The molecule has 0 bridgehead atoms. The molecule has 1 fully saturated rings. The van der Waals surface area contributed by atoms with Gasteiger partial charge in [0.05, 0.1) is 0 Å². The van der Waals surface area contributed by atoms with Crippen LogP contribution in [-0.2, 0) is 0 Å². The first-order valence-corrected chi connectivity index (χ1v) is 7.45. The summed E-state index contributed by atoms with van der Waals surface area (Å²) < 4.78 is 0. The summed E-state index contributed by atoms with van der Waals surface area (Å²) in [5, 5.41) is 1.19. The van der Waals surface area contributed by atoms with Crippen LogP contribution in [0.1, 0.15) is 46.0 Å². The van der Waals surface area contributed by atoms with Crippen LogP contribution < -0.4 is 0 Å². The normalized spacial score (nSPS) is 20.4. The number of alkyl halides is 1. The van der Waals surface area contributed by atoms with Gasteiger partial charge in [-0.05, 0) is 44.2 Å². The van der Waals surface area contributed by atoms with Crippen molar-refractivity contribution in [1.82, 2.24) is 4.90 Å². The molecule has 0 N–H and O–H groups in total. The summed E-state index contributed by atoms with van der Waals surface area (Å²) in [5.74, 6) is 0.830. The molecule has 0 heterocycles. The summed E-state index contributed by atoms with van der Waals surface area (Å²) in [6, 6.07) is 0.